The third kappa shape index (κ3) is 19.0. The number of halogens is 16. The van der Waals surface area contributed by atoms with Gasteiger partial charge in [-0.2, -0.15) is 70.2 Å². The highest BCUT2D eigenvalue weighted by atomic mass is 32.2. The molecule has 0 aromatic rings. The van der Waals surface area contributed by atoms with Gasteiger partial charge in [0.15, 0.2) is 6.29 Å². The minimum absolute atomic E-state index is 0.00541. The number of carbonyl (C=O) groups is 2. The zero-order chi connectivity index (χ0) is 69.0. The van der Waals surface area contributed by atoms with E-state index in [4.69, 9.17) is 49.5 Å². The molecule has 1 heterocycles. The molecule has 538 valence electrons. The topological polar surface area (TPSA) is 244 Å². The maximum Gasteiger partial charge on any atom is 0.509 e. The molecule has 9 fully saturated rings. The van der Waals surface area contributed by atoms with Crippen molar-refractivity contribution in [3.63, 3.8) is 0 Å². The zero-order valence-electron chi connectivity index (χ0n) is 50.1. The van der Waals surface area contributed by atoms with Crippen LogP contribution >= 0.6 is 48.2 Å². The lowest BCUT2D eigenvalue weighted by Gasteiger charge is -2.37. The van der Waals surface area contributed by atoms with E-state index in [1.807, 2.05) is 20.8 Å². The van der Waals surface area contributed by atoms with Gasteiger partial charge in [-0.3, -0.25) is 4.79 Å². The Morgan fingerprint density at radius 1 is 0.402 bits per heavy atom. The summed E-state index contributed by atoms with van der Waals surface area (Å²) < 4.78 is 268. The molecule has 17 unspecified atom stereocenters. The second kappa shape index (κ2) is 31.3. The molecule has 1 saturated heterocycles. The van der Waals surface area contributed by atoms with Gasteiger partial charge in [0.25, 0.3) is 0 Å². The maximum atomic E-state index is 14.2. The molecule has 92 heavy (non-hydrogen) atoms. The number of hydrogen-bond donors (Lipinski definition) is 4. The lowest BCUT2D eigenvalue weighted by molar-refractivity contribution is -0.434. The van der Waals surface area contributed by atoms with Crippen molar-refractivity contribution in [1.82, 2.24) is 0 Å². The zero-order valence-corrected chi connectivity index (χ0v) is 53.4. The second-order valence-corrected chi connectivity index (χ2v) is 29.6. The molecule has 0 aromatic carbocycles. The van der Waals surface area contributed by atoms with E-state index in [0.29, 0.717) is 38.7 Å². The third-order valence-corrected chi connectivity index (χ3v) is 20.6. The fourth-order valence-corrected chi connectivity index (χ4v) is 16.2. The van der Waals surface area contributed by atoms with Crippen LogP contribution in [0.5, 0.6) is 0 Å². The van der Waals surface area contributed by atoms with Crippen LogP contribution in [0.4, 0.5) is 75.0 Å². The standard InChI is InChI=1S/C14H20F4O6S.C14H20F4O5S.C13H20F4O4S.C11H14F4O5S/c1-12(2,3)22-11(19)21-10-6-7-4-8(10)5-9(7)13(15,16)14(17,18)25-24-23-20;15-13(16,14(17,18)24-23-22-19)10-6-9-5-8(10)7-11(9)21-12-3-1-2-4-20-12;1-11(2,3)19-10-6-7-4-8(10)5-9(7)12(14,15)13(16,17)22-21-20-18;1-5(16)18-9-4-6-2-7(9)3-8(6)10(12,13)11(14,15)21-20-19-17/h7-10,20H,4-6H2,1-3H3;8-12,19H,1-7H2;7-10,18H,4-6H2,1-3H3;6-9,17H,2-4H2,1H3. The van der Waals surface area contributed by atoms with Crippen LogP contribution < -0.4 is 0 Å². The first kappa shape index (κ1) is 79.4. The highest BCUT2D eigenvalue weighted by Crippen LogP contribution is 2.65. The van der Waals surface area contributed by atoms with Crippen LogP contribution in [0.2, 0.25) is 0 Å². The van der Waals surface area contributed by atoms with Crippen molar-refractivity contribution in [2.45, 2.75) is 231 Å². The molecular formula is C52H74F16O20S4. The average molecular weight is 1450 g/mol. The maximum absolute atomic E-state index is 14.2. The quantitative estimate of drug-likeness (QED) is 0.0218. The number of rotatable bonds is 25. The van der Waals surface area contributed by atoms with Gasteiger partial charge in [0.05, 0.1) is 17.8 Å². The van der Waals surface area contributed by atoms with E-state index >= 15 is 0 Å². The van der Waals surface area contributed by atoms with Gasteiger partial charge in [0.2, 0.25) is 0 Å². The molecule has 1 aliphatic heterocycles. The summed E-state index contributed by atoms with van der Waals surface area (Å²) in [6.45, 7) is 12.4. The summed E-state index contributed by atoms with van der Waals surface area (Å²) in [5.41, 5.74) is -1.14. The van der Waals surface area contributed by atoms with E-state index in [1.54, 1.807) is 20.8 Å². The Balaban J connectivity index is 0.000000195. The summed E-state index contributed by atoms with van der Waals surface area (Å²) in [6.07, 6.45) is 2.16. The molecule has 8 saturated carbocycles. The summed E-state index contributed by atoms with van der Waals surface area (Å²) in [7, 11) is 0. The first-order valence-corrected chi connectivity index (χ1v) is 32.0. The number of carbonyl (C=O) groups excluding carboxylic acids is 2. The summed E-state index contributed by atoms with van der Waals surface area (Å²) >= 11 is -3.63. The second-order valence-electron chi connectivity index (χ2n) is 26.3. The molecule has 9 aliphatic rings. The average Bonchev–Trinajstić information content (AvgIpc) is 1.55. The van der Waals surface area contributed by atoms with Crippen LogP contribution in [0.1, 0.15) is 145 Å². The van der Waals surface area contributed by atoms with Gasteiger partial charge in [0, 0.05) is 37.2 Å². The van der Waals surface area contributed by atoms with Crippen molar-refractivity contribution < 1.29 is 167 Å². The fourth-order valence-electron chi connectivity index (χ4n) is 14.7. The van der Waals surface area contributed by atoms with Crippen molar-refractivity contribution in [3.05, 3.63) is 0 Å². The number of alkyl halides is 16. The van der Waals surface area contributed by atoms with E-state index in [0.717, 1.165) is 19.3 Å². The Hall–Kier alpha value is -1.58. The van der Waals surface area contributed by atoms with Crippen molar-refractivity contribution in [2.24, 2.45) is 71.0 Å². The first-order valence-electron chi connectivity index (χ1n) is 29.1. The fraction of sp³-hybridized carbons (Fsp3) is 0.962. The van der Waals surface area contributed by atoms with Gasteiger partial charge in [-0.25, -0.2) is 25.8 Å². The smallest absolute Gasteiger partial charge is 0.462 e. The third-order valence-electron chi connectivity index (χ3n) is 18.2. The Kier molecular flexibility index (Phi) is 27.0. The molecule has 4 N–H and O–H groups in total. The predicted octanol–water partition coefficient (Wildman–Crippen LogP) is 16.7. The monoisotopic (exact) mass is 1450 g/mol. The SMILES string of the molecule is CC(=O)OC1CC2CC1CC2C(F)(F)C(F)(F)SOOO.CC(C)(C)OC(=O)OC1CC2CC1CC2C(F)(F)C(F)(F)SOOO.CC(C)(C)OC1CC2CC1CC2C(F)(F)C(F)(F)SOOO.OOOSC(F)(F)C(F)(F)C1CC2CC1CC2OC1CCCCO1. The van der Waals surface area contributed by atoms with Gasteiger partial charge in [-0.1, -0.05) is 20.2 Å². The molecule has 8 aliphatic carbocycles. The summed E-state index contributed by atoms with van der Waals surface area (Å²) in [5.74, 6) is -27.1. The molecule has 0 spiro atoms. The molecular weight excluding hydrogens is 1380 g/mol. The van der Waals surface area contributed by atoms with Crippen LogP contribution in [0.15, 0.2) is 0 Å². The van der Waals surface area contributed by atoms with Crippen molar-refractivity contribution in [2.75, 3.05) is 6.61 Å². The van der Waals surface area contributed by atoms with E-state index in [9.17, 15) is 79.8 Å². The Labute approximate surface area is 534 Å². The predicted molar refractivity (Wildman–Crippen MR) is 286 cm³/mol. The number of ether oxygens (including phenoxy) is 6. The summed E-state index contributed by atoms with van der Waals surface area (Å²) in [4.78, 5) is 22.6. The molecule has 0 radical (unpaired) electrons. The molecule has 8 bridgehead atoms. The highest BCUT2D eigenvalue weighted by Gasteiger charge is 2.72. The Bertz CT molecular complexity index is 2370. The van der Waals surface area contributed by atoms with Gasteiger partial charge in [-0.15, -0.1) is 17.3 Å². The van der Waals surface area contributed by atoms with Crippen molar-refractivity contribution in [3.8, 4) is 0 Å². The van der Waals surface area contributed by atoms with Crippen LogP contribution in [-0.2, 0) is 70.7 Å². The minimum Gasteiger partial charge on any atom is -0.462 e. The first-order chi connectivity index (χ1) is 42.4. The normalized spacial score (nSPS) is 33.0. The minimum atomic E-state index is -4.58. The molecule has 0 aromatic heterocycles. The van der Waals surface area contributed by atoms with Gasteiger partial charge in [-0.05, 0) is 185 Å². The number of esters is 1. The van der Waals surface area contributed by atoms with Crippen molar-refractivity contribution in [1.29, 1.82) is 0 Å². The highest BCUT2D eigenvalue weighted by molar-refractivity contribution is 7.96. The summed E-state index contributed by atoms with van der Waals surface area (Å²) in [6, 6.07) is 0. The lowest BCUT2D eigenvalue weighted by Crippen LogP contribution is -2.48. The molecule has 20 nitrogen and oxygen atoms in total. The van der Waals surface area contributed by atoms with Gasteiger partial charge < -0.3 is 28.4 Å². The molecule has 40 heteroatoms. The molecule has 9 rings (SSSR count). The largest absolute Gasteiger partial charge is 0.509 e. The van der Waals surface area contributed by atoms with Crippen LogP contribution in [0.25, 0.3) is 0 Å². The lowest BCUT2D eigenvalue weighted by atomic mass is 9.82. The Morgan fingerprint density at radius 3 is 0.978 bits per heavy atom. The molecule has 17 atom stereocenters. The van der Waals surface area contributed by atoms with Crippen LogP contribution in [0.3, 0.4) is 0 Å². The van der Waals surface area contributed by atoms with Crippen LogP contribution in [-0.4, -0.2) is 126 Å². The number of fused-ring (bicyclic) bond motifs is 8. The van der Waals surface area contributed by atoms with E-state index in [-0.39, 0.29) is 86.8 Å². The van der Waals surface area contributed by atoms with Crippen molar-refractivity contribution >= 4 is 60.3 Å². The number of hydrogen-bond acceptors (Lipinski definition) is 24. The van der Waals surface area contributed by atoms with E-state index in [1.165, 1.54) is 6.92 Å². The van der Waals surface area contributed by atoms with Gasteiger partial charge in [0.1, 0.15) is 66.0 Å². The molecule has 0 amide bonds. The van der Waals surface area contributed by atoms with Crippen LogP contribution in [0, 0.1) is 71.0 Å². The van der Waals surface area contributed by atoms with E-state index < -0.39 is 176 Å². The summed E-state index contributed by atoms with van der Waals surface area (Å²) in [5, 5.41) is 25.3. The Morgan fingerprint density at radius 2 is 0.717 bits per heavy atom. The van der Waals surface area contributed by atoms with Gasteiger partial charge >= 0.3 is 56.8 Å². The van der Waals surface area contributed by atoms with E-state index in [2.05, 4.69) is 37.5 Å².